The Labute approximate surface area is 153 Å². The number of hydrogen-bond acceptors (Lipinski definition) is 2. The first-order valence-corrected chi connectivity index (χ1v) is 9.87. The van der Waals surface area contributed by atoms with Crippen molar-refractivity contribution in [2.45, 2.75) is 57.3 Å². The van der Waals surface area contributed by atoms with Crippen LogP contribution in [0.4, 0.5) is 0 Å². The molecule has 0 radical (unpaired) electrons. The van der Waals surface area contributed by atoms with E-state index in [1.165, 1.54) is 43.4 Å². The van der Waals surface area contributed by atoms with Crippen molar-refractivity contribution in [2.75, 3.05) is 0 Å². The zero-order valence-electron chi connectivity index (χ0n) is 15.2. The lowest BCUT2D eigenvalue weighted by atomic mass is 9.71. The summed E-state index contributed by atoms with van der Waals surface area (Å²) in [6, 6.07) is 3.92. The Morgan fingerprint density at radius 2 is 2.15 bits per heavy atom. The van der Waals surface area contributed by atoms with Gasteiger partial charge in [0.05, 0.1) is 17.1 Å². The fourth-order valence-electron chi connectivity index (χ4n) is 5.08. The summed E-state index contributed by atoms with van der Waals surface area (Å²) in [7, 11) is 0. The van der Waals surface area contributed by atoms with Crippen molar-refractivity contribution in [3.8, 4) is 0 Å². The molecule has 2 atom stereocenters. The van der Waals surface area contributed by atoms with Gasteiger partial charge in [0.25, 0.3) is 0 Å². The van der Waals surface area contributed by atoms with Crippen molar-refractivity contribution < 1.29 is 4.79 Å². The van der Waals surface area contributed by atoms with E-state index >= 15 is 0 Å². The standard InChI is InChI=1S/C22H25N3O/c1-2-13-8-9-14-5-3-6-16-22(14)21(13)19(24-16)11-18-20(26)12-17(25-18)15-7-4-10-23-15/h4,7,10-14,23-25H,2-3,5-6,8-9H2,1H3/b18-11+. The van der Waals surface area contributed by atoms with Gasteiger partial charge in [0.2, 0.25) is 5.78 Å². The molecular weight excluding hydrogens is 322 g/mol. The van der Waals surface area contributed by atoms with Gasteiger partial charge >= 0.3 is 0 Å². The van der Waals surface area contributed by atoms with Gasteiger partial charge < -0.3 is 15.3 Å². The fourth-order valence-corrected chi connectivity index (χ4v) is 5.08. The highest BCUT2D eigenvalue weighted by atomic mass is 16.1. The molecule has 0 amide bonds. The summed E-state index contributed by atoms with van der Waals surface area (Å²) in [6.07, 6.45) is 13.1. The predicted octanol–water partition coefficient (Wildman–Crippen LogP) is 4.60. The van der Waals surface area contributed by atoms with Gasteiger partial charge in [-0.1, -0.05) is 6.92 Å². The van der Waals surface area contributed by atoms with Gasteiger partial charge in [-0.3, -0.25) is 4.79 Å². The number of carbonyl (C=O) groups is 1. The van der Waals surface area contributed by atoms with Gasteiger partial charge in [-0.2, -0.15) is 0 Å². The van der Waals surface area contributed by atoms with Gasteiger partial charge in [-0.15, -0.1) is 0 Å². The van der Waals surface area contributed by atoms with Crippen molar-refractivity contribution in [1.29, 1.82) is 0 Å². The van der Waals surface area contributed by atoms with Gasteiger partial charge in [-0.05, 0) is 79.7 Å². The number of allylic oxidation sites excluding steroid dienone is 1. The van der Waals surface area contributed by atoms with E-state index < -0.39 is 0 Å². The van der Waals surface area contributed by atoms with Gasteiger partial charge in [0.15, 0.2) is 0 Å². The fraction of sp³-hybridized carbons (Fsp3) is 0.409. The molecule has 3 aliphatic rings. The highest BCUT2D eigenvalue weighted by molar-refractivity contribution is 6.14. The zero-order valence-corrected chi connectivity index (χ0v) is 15.2. The van der Waals surface area contributed by atoms with Gasteiger partial charge in [0.1, 0.15) is 0 Å². The third-order valence-electron chi connectivity index (χ3n) is 6.33. The van der Waals surface area contributed by atoms with Crippen LogP contribution in [-0.2, 0) is 11.2 Å². The van der Waals surface area contributed by atoms with E-state index in [1.54, 1.807) is 11.6 Å². The van der Waals surface area contributed by atoms with Crippen LogP contribution in [0, 0.1) is 0 Å². The van der Waals surface area contributed by atoms with E-state index in [-0.39, 0.29) is 5.78 Å². The number of aryl methyl sites for hydroxylation is 1. The molecule has 2 aliphatic carbocycles. The molecule has 26 heavy (non-hydrogen) atoms. The van der Waals surface area contributed by atoms with E-state index in [2.05, 4.69) is 22.2 Å². The van der Waals surface area contributed by atoms with Gasteiger partial charge in [-0.25, -0.2) is 0 Å². The number of hydrogen-bond donors (Lipinski definition) is 3. The first kappa shape index (κ1) is 15.7. The Balaban J connectivity index is 1.54. The molecule has 5 rings (SSSR count). The Kier molecular flexibility index (Phi) is 3.66. The minimum Gasteiger partial charge on any atom is -0.360 e. The summed E-state index contributed by atoms with van der Waals surface area (Å²) < 4.78 is 0. The molecule has 2 aromatic heterocycles. The lowest BCUT2D eigenvalue weighted by Crippen LogP contribution is -2.17. The Morgan fingerprint density at radius 3 is 2.96 bits per heavy atom. The molecule has 3 N–H and O–H groups in total. The molecule has 4 heteroatoms. The summed E-state index contributed by atoms with van der Waals surface area (Å²) >= 11 is 0. The summed E-state index contributed by atoms with van der Waals surface area (Å²) in [5.74, 6) is 1.39. The van der Waals surface area contributed by atoms with Crippen molar-refractivity contribution in [1.82, 2.24) is 15.3 Å². The first-order valence-electron chi connectivity index (χ1n) is 9.87. The average molecular weight is 347 g/mol. The highest BCUT2D eigenvalue weighted by Crippen LogP contribution is 2.48. The third kappa shape index (κ3) is 2.39. The maximum Gasteiger partial charge on any atom is 0.204 e. The molecule has 0 spiro atoms. The van der Waals surface area contributed by atoms with Crippen molar-refractivity contribution in [3.05, 3.63) is 58.3 Å². The number of nitrogens with one attached hydrogen (secondary N) is 3. The maximum atomic E-state index is 12.5. The molecule has 134 valence electrons. The van der Waals surface area contributed by atoms with E-state index in [0.717, 1.165) is 29.4 Å². The second kappa shape index (κ2) is 6.04. The van der Waals surface area contributed by atoms with Crippen LogP contribution < -0.4 is 5.32 Å². The van der Waals surface area contributed by atoms with Crippen molar-refractivity contribution in [2.24, 2.45) is 0 Å². The molecule has 0 saturated carbocycles. The number of aromatic amines is 2. The second-order valence-electron chi connectivity index (χ2n) is 7.81. The molecule has 0 bridgehead atoms. The van der Waals surface area contributed by atoms with Crippen molar-refractivity contribution in [3.63, 3.8) is 0 Å². The number of ketones is 1. The summed E-state index contributed by atoms with van der Waals surface area (Å²) in [5.41, 5.74) is 8.12. The normalized spacial score (nSPS) is 26.0. The molecule has 0 fully saturated rings. The van der Waals surface area contributed by atoms with E-state index in [4.69, 9.17) is 0 Å². The molecule has 0 saturated heterocycles. The Bertz CT molecular complexity index is 914. The molecular formula is C22H25N3O. The zero-order chi connectivity index (χ0) is 17.7. The smallest absolute Gasteiger partial charge is 0.204 e. The minimum absolute atomic E-state index is 0.0507. The van der Waals surface area contributed by atoms with Gasteiger partial charge in [0, 0.05) is 23.7 Å². The summed E-state index contributed by atoms with van der Waals surface area (Å²) in [6.45, 7) is 2.29. The molecule has 2 unspecified atom stereocenters. The van der Waals surface area contributed by atoms with Crippen LogP contribution >= 0.6 is 0 Å². The number of H-pyrrole nitrogens is 2. The quantitative estimate of drug-likeness (QED) is 0.710. The van der Waals surface area contributed by atoms with Crippen LogP contribution in [0.1, 0.15) is 79.1 Å². The van der Waals surface area contributed by atoms with E-state index in [0.29, 0.717) is 11.6 Å². The van der Waals surface area contributed by atoms with Crippen LogP contribution in [0.5, 0.6) is 0 Å². The summed E-state index contributed by atoms with van der Waals surface area (Å²) in [5, 5.41) is 3.31. The monoisotopic (exact) mass is 347 g/mol. The largest absolute Gasteiger partial charge is 0.360 e. The number of rotatable bonds is 3. The Morgan fingerprint density at radius 1 is 1.23 bits per heavy atom. The predicted molar refractivity (Wildman–Crippen MR) is 104 cm³/mol. The van der Waals surface area contributed by atoms with Crippen LogP contribution in [0.15, 0.2) is 30.1 Å². The molecule has 3 heterocycles. The first-order chi connectivity index (χ1) is 12.7. The van der Waals surface area contributed by atoms with Crippen LogP contribution in [0.2, 0.25) is 0 Å². The number of aromatic nitrogens is 2. The van der Waals surface area contributed by atoms with Crippen molar-refractivity contribution >= 4 is 17.6 Å². The van der Waals surface area contributed by atoms with E-state index in [1.807, 2.05) is 24.4 Å². The maximum absolute atomic E-state index is 12.5. The van der Waals surface area contributed by atoms with Crippen LogP contribution in [-0.4, -0.2) is 15.8 Å². The topological polar surface area (TPSA) is 60.7 Å². The highest BCUT2D eigenvalue weighted by Gasteiger charge is 2.34. The average Bonchev–Trinajstić information content (AvgIpc) is 3.37. The third-order valence-corrected chi connectivity index (χ3v) is 6.33. The van der Waals surface area contributed by atoms with Crippen LogP contribution in [0.3, 0.4) is 0 Å². The molecule has 2 aromatic rings. The summed E-state index contributed by atoms with van der Waals surface area (Å²) in [4.78, 5) is 19.4. The second-order valence-corrected chi connectivity index (χ2v) is 7.81. The minimum atomic E-state index is 0.0507. The SMILES string of the molecule is CCC1CCC2CCCc3[nH]c(/C=C4/NC(c5ccc[nH]5)=CC4=O)c1c32. The Hall–Kier alpha value is -2.49. The molecule has 1 aliphatic heterocycles. The lowest BCUT2D eigenvalue weighted by Gasteiger charge is -2.32. The molecule has 0 aromatic carbocycles. The molecule has 4 nitrogen and oxygen atoms in total. The lowest BCUT2D eigenvalue weighted by molar-refractivity contribution is -0.111. The number of carbonyl (C=O) groups excluding carboxylic acids is 1. The van der Waals surface area contributed by atoms with E-state index in [9.17, 15) is 4.79 Å². The van der Waals surface area contributed by atoms with Crippen LogP contribution in [0.25, 0.3) is 11.8 Å².